The molecular weight excluding hydrogens is 217 g/mol. The second-order valence-corrected chi connectivity index (χ2v) is 3.28. The lowest BCUT2D eigenvalue weighted by Crippen LogP contribution is -2.07. The molecule has 0 atom stereocenters. The molecule has 0 saturated heterocycles. The van der Waals surface area contributed by atoms with E-state index in [4.69, 9.17) is 5.73 Å². The van der Waals surface area contributed by atoms with E-state index in [1.165, 1.54) is 19.0 Å². The van der Waals surface area contributed by atoms with Crippen LogP contribution in [0.2, 0.25) is 0 Å². The van der Waals surface area contributed by atoms with Crippen molar-refractivity contribution < 1.29 is 13.2 Å². The van der Waals surface area contributed by atoms with E-state index < -0.39 is 11.7 Å². The molecule has 2 N–H and O–H groups in total. The minimum absolute atomic E-state index is 0.0664. The number of hydrogen-bond donors (Lipinski definition) is 1. The summed E-state index contributed by atoms with van der Waals surface area (Å²) in [5.74, 6) is 0. The standard InChI is InChI=1S/C7H7F3N2.C4H10/c8-7(9,10)6-1-5(2-11)3-12-4-6;1-3-4-2/h1,3-4H,2,11H2;3-4H2,1-2H3. The van der Waals surface area contributed by atoms with Crippen molar-refractivity contribution in [1.82, 2.24) is 4.98 Å². The number of halogens is 3. The zero-order valence-electron chi connectivity index (χ0n) is 9.51. The molecule has 0 amide bonds. The molecule has 0 fully saturated rings. The van der Waals surface area contributed by atoms with E-state index in [-0.39, 0.29) is 6.54 Å². The van der Waals surface area contributed by atoms with Gasteiger partial charge >= 0.3 is 6.18 Å². The highest BCUT2D eigenvalue weighted by molar-refractivity contribution is 5.20. The van der Waals surface area contributed by atoms with Gasteiger partial charge in [-0.1, -0.05) is 26.7 Å². The Morgan fingerprint density at radius 3 is 2.12 bits per heavy atom. The van der Waals surface area contributed by atoms with Gasteiger partial charge in [0.2, 0.25) is 0 Å². The van der Waals surface area contributed by atoms with Gasteiger partial charge in [0.05, 0.1) is 5.56 Å². The average molecular weight is 234 g/mol. The first-order valence-electron chi connectivity index (χ1n) is 5.16. The third-order valence-electron chi connectivity index (χ3n) is 1.86. The number of unbranched alkanes of at least 4 members (excludes halogenated alkanes) is 1. The summed E-state index contributed by atoms with van der Waals surface area (Å²) in [5, 5.41) is 0. The zero-order valence-corrected chi connectivity index (χ0v) is 9.51. The second kappa shape index (κ2) is 7.22. The molecule has 1 heterocycles. The molecule has 0 aromatic carbocycles. The van der Waals surface area contributed by atoms with Crippen molar-refractivity contribution in [3.8, 4) is 0 Å². The van der Waals surface area contributed by atoms with Gasteiger partial charge < -0.3 is 5.73 Å². The van der Waals surface area contributed by atoms with Gasteiger partial charge in [0.15, 0.2) is 0 Å². The van der Waals surface area contributed by atoms with Gasteiger partial charge in [-0.15, -0.1) is 0 Å². The number of aromatic nitrogens is 1. The molecule has 0 spiro atoms. The lowest BCUT2D eigenvalue weighted by atomic mass is 10.2. The first-order valence-corrected chi connectivity index (χ1v) is 5.16. The van der Waals surface area contributed by atoms with Crippen LogP contribution in [0.1, 0.15) is 37.8 Å². The summed E-state index contributed by atoms with van der Waals surface area (Å²) in [6, 6.07) is 0.993. The number of nitrogens with two attached hydrogens (primary N) is 1. The summed E-state index contributed by atoms with van der Waals surface area (Å²) >= 11 is 0. The molecule has 1 rings (SSSR count). The van der Waals surface area contributed by atoms with Crippen LogP contribution in [0.3, 0.4) is 0 Å². The predicted octanol–water partition coefficient (Wildman–Crippen LogP) is 3.37. The van der Waals surface area contributed by atoms with Crippen LogP contribution in [0, 0.1) is 0 Å². The van der Waals surface area contributed by atoms with Gasteiger partial charge in [0.1, 0.15) is 0 Å². The number of hydrogen-bond acceptors (Lipinski definition) is 2. The van der Waals surface area contributed by atoms with Gasteiger partial charge in [-0.2, -0.15) is 13.2 Å². The average Bonchev–Trinajstić information content (AvgIpc) is 2.28. The Kier molecular flexibility index (Phi) is 6.72. The summed E-state index contributed by atoms with van der Waals surface area (Å²) in [5.41, 5.74) is 4.78. The van der Waals surface area contributed by atoms with Gasteiger partial charge in [-0.05, 0) is 11.6 Å². The van der Waals surface area contributed by atoms with Crippen LogP contribution in [0.4, 0.5) is 13.2 Å². The molecule has 0 bridgehead atoms. The highest BCUT2D eigenvalue weighted by Crippen LogP contribution is 2.28. The maximum absolute atomic E-state index is 12.0. The fraction of sp³-hybridized carbons (Fsp3) is 0.545. The Labute approximate surface area is 93.7 Å². The molecule has 92 valence electrons. The molecule has 1 aromatic heterocycles. The molecular formula is C11H17F3N2. The fourth-order valence-corrected chi connectivity index (χ4v) is 0.754. The summed E-state index contributed by atoms with van der Waals surface area (Å²) in [6.07, 6.45) is 0.395. The molecule has 0 unspecified atom stereocenters. The van der Waals surface area contributed by atoms with Crippen LogP contribution in [-0.2, 0) is 12.7 Å². The van der Waals surface area contributed by atoms with E-state index in [9.17, 15) is 13.2 Å². The third kappa shape index (κ3) is 5.70. The van der Waals surface area contributed by atoms with Gasteiger partial charge in [-0.3, -0.25) is 4.98 Å². The Morgan fingerprint density at radius 1 is 1.19 bits per heavy atom. The smallest absolute Gasteiger partial charge is 0.326 e. The monoisotopic (exact) mass is 234 g/mol. The molecule has 0 radical (unpaired) electrons. The Balaban J connectivity index is 0.000000487. The molecule has 0 aliphatic rings. The summed E-state index contributed by atoms with van der Waals surface area (Å²) in [6.45, 7) is 4.43. The predicted molar refractivity (Wildman–Crippen MR) is 57.7 cm³/mol. The number of pyridine rings is 1. The summed E-state index contributed by atoms with van der Waals surface area (Å²) < 4.78 is 36.1. The first-order chi connectivity index (χ1) is 7.45. The Morgan fingerprint density at radius 2 is 1.75 bits per heavy atom. The van der Waals surface area contributed by atoms with Crippen molar-refractivity contribution in [3.05, 3.63) is 29.6 Å². The van der Waals surface area contributed by atoms with E-state index in [1.807, 2.05) is 0 Å². The van der Waals surface area contributed by atoms with Gasteiger partial charge in [0, 0.05) is 18.9 Å². The highest BCUT2D eigenvalue weighted by atomic mass is 19.4. The maximum Gasteiger partial charge on any atom is 0.417 e. The zero-order chi connectivity index (χ0) is 12.6. The summed E-state index contributed by atoms with van der Waals surface area (Å²) in [4.78, 5) is 3.42. The van der Waals surface area contributed by atoms with Crippen molar-refractivity contribution in [1.29, 1.82) is 0 Å². The lowest BCUT2D eigenvalue weighted by Gasteiger charge is -2.06. The van der Waals surface area contributed by atoms with E-state index in [0.29, 0.717) is 5.56 Å². The maximum atomic E-state index is 12.0. The van der Waals surface area contributed by atoms with Crippen molar-refractivity contribution in [2.24, 2.45) is 5.73 Å². The van der Waals surface area contributed by atoms with Crippen molar-refractivity contribution in [2.45, 2.75) is 39.4 Å². The first kappa shape index (κ1) is 14.9. The van der Waals surface area contributed by atoms with E-state index in [2.05, 4.69) is 18.8 Å². The Bertz CT molecular complexity index is 296. The molecule has 5 heteroatoms. The molecule has 16 heavy (non-hydrogen) atoms. The third-order valence-corrected chi connectivity index (χ3v) is 1.86. The quantitative estimate of drug-likeness (QED) is 0.852. The molecule has 0 aliphatic heterocycles. The number of rotatable bonds is 2. The highest BCUT2D eigenvalue weighted by Gasteiger charge is 2.30. The topological polar surface area (TPSA) is 38.9 Å². The second-order valence-electron chi connectivity index (χ2n) is 3.28. The van der Waals surface area contributed by atoms with Crippen LogP contribution in [0.5, 0.6) is 0 Å². The van der Waals surface area contributed by atoms with Crippen LogP contribution in [-0.4, -0.2) is 4.98 Å². The van der Waals surface area contributed by atoms with Crippen molar-refractivity contribution in [2.75, 3.05) is 0 Å². The van der Waals surface area contributed by atoms with Gasteiger partial charge in [-0.25, -0.2) is 0 Å². The molecule has 1 aromatic rings. The van der Waals surface area contributed by atoms with Crippen LogP contribution >= 0.6 is 0 Å². The molecule has 2 nitrogen and oxygen atoms in total. The van der Waals surface area contributed by atoms with Crippen molar-refractivity contribution in [3.63, 3.8) is 0 Å². The minimum Gasteiger partial charge on any atom is -0.326 e. The fourth-order valence-electron chi connectivity index (χ4n) is 0.754. The normalized spacial score (nSPS) is 10.6. The van der Waals surface area contributed by atoms with E-state index in [1.54, 1.807) is 0 Å². The number of alkyl halides is 3. The van der Waals surface area contributed by atoms with Crippen LogP contribution in [0.25, 0.3) is 0 Å². The lowest BCUT2D eigenvalue weighted by molar-refractivity contribution is -0.137. The summed E-state index contributed by atoms with van der Waals surface area (Å²) in [7, 11) is 0. The van der Waals surface area contributed by atoms with E-state index >= 15 is 0 Å². The molecule has 0 saturated carbocycles. The van der Waals surface area contributed by atoms with Crippen LogP contribution in [0.15, 0.2) is 18.5 Å². The Hall–Kier alpha value is -1.10. The van der Waals surface area contributed by atoms with E-state index in [0.717, 1.165) is 12.3 Å². The van der Waals surface area contributed by atoms with Crippen molar-refractivity contribution >= 4 is 0 Å². The van der Waals surface area contributed by atoms with Gasteiger partial charge in [0.25, 0.3) is 0 Å². The number of nitrogens with zero attached hydrogens (tertiary/aromatic N) is 1. The van der Waals surface area contributed by atoms with Crippen LogP contribution < -0.4 is 5.73 Å². The largest absolute Gasteiger partial charge is 0.417 e. The minimum atomic E-state index is -4.34. The SMILES string of the molecule is CCCC.NCc1cncc(C(F)(F)F)c1. The molecule has 0 aliphatic carbocycles.